The minimum Gasteiger partial charge on any atom is -0.479 e. The van der Waals surface area contributed by atoms with Gasteiger partial charge in [-0.05, 0) is 79.6 Å². The van der Waals surface area contributed by atoms with Gasteiger partial charge in [-0.1, -0.05) is 29.3 Å². The molecule has 35 heavy (non-hydrogen) atoms. The highest BCUT2D eigenvalue weighted by atomic mass is 35.5. The monoisotopic (exact) mass is 510 g/mol. The number of nitrogens with zero attached hydrogens (tertiary/aromatic N) is 3. The van der Waals surface area contributed by atoms with Crippen molar-refractivity contribution >= 4 is 39.4 Å². The predicted molar refractivity (Wildman–Crippen MR) is 135 cm³/mol. The van der Waals surface area contributed by atoms with Gasteiger partial charge in [-0.2, -0.15) is 10.4 Å². The summed E-state index contributed by atoms with van der Waals surface area (Å²) in [5.41, 5.74) is 4.89. The van der Waals surface area contributed by atoms with E-state index < -0.39 is 22.5 Å². The molecule has 0 fully saturated rings. The molecule has 0 aliphatic rings. The molecule has 1 amide bonds. The quantitative estimate of drug-likeness (QED) is 0.342. The highest BCUT2D eigenvalue weighted by Gasteiger charge is 2.28. The Balaban J connectivity index is 1.79. The normalized spacial score (nSPS) is 11.1. The first-order chi connectivity index (χ1) is 16.7. The molecule has 3 rings (SSSR count). The van der Waals surface area contributed by atoms with Crippen molar-refractivity contribution < 1.29 is 17.9 Å². The number of amides is 1. The third-order valence-corrected chi connectivity index (χ3v) is 6.92. The van der Waals surface area contributed by atoms with E-state index >= 15 is 0 Å². The number of carbonyl (C=O) groups excluding carboxylic acids is 1. The van der Waals surface area contributed by atoms with E-state index in [0.717, 1.165) is 9.87 Å². The van der Waals surface area contributed by atoms with Crippen LogP contribution in [0.25, 0.3) is 0 Å². The van der Waals surface area contributed by atoms with Gasteiger partial charge < -0.3 is 4.74 Å². The molecule has 0 bridgehead atoms. The summed E-state index contributed by atoms with van der Waals surface area (Å²) in [6.07, 6.45) is 1.42. The Labute approximate surface area is 209 Å². The number of halogens is 1. The van der Waals surface area contributed by atoms with Crippen LogP contribution in [-0.4, -0.2) is 33.7 Å². The minimum atomic E-state index is -4.05. The van der Waals surface area contributed by atoms with Gasteiger partial charge in [0.25, 0.3) is 15.9 Å². The molecule has 0 aliphatic heterocycles. The number of hydrogen-bond acceptors (Lipinski definition) is 6. The lowest BCUT2D eigenvalue weighted by Crippen LogP contribution is -2.40. The number of anilines is 1. The standard InChI is InChI=1S/C25H23ClN4O4S/c1-18-3-10-23(11-4-18)35(32,33)30(24-12-7-21(26)15-19(24)2)17-25(31)29-28-16-20-5-8-22(9-6-20)34-14-13-27/h3-12,15-16H,14,17H2,1-2H3,(H,29,31)/b28-16-. The van der Waals surface area contributed by atoms with Crippen molar-refractivity contribution in [2.75, 3.05) is 17.5 Å². The number of aryl methyl sites for hydroxylation is 2. The van der Waals surface area contributed by atoms with Crippen LogP contribution in [0.2, 0.25) is 5.02 Å². The van der Waals surface area contributed by atoms with Crippen LogP contribution in [0.3, 0.4) is 0 Å². The van der Waals surface area contributed by atoms with Gasteiger partial charge in [-0.15, -0.1) is 0 Å². The fourth-order valence-electron chi connectivity index (χ4n) is 3.15. The molecule has 0 saturated heterocycles. The van der Waals surface area contributed by atoms with Crippen molar-refractivity contribution in [1.29, 1.82) is 5.26 Å². The lowest BCUT2D eigenvalue weighted by atomic mass is 10.2. The minimum absolute atomic E-state index is 0.0570. The average molecular weight is 511 g/mol. The molecule has 3 aromatic carbocycles. The number of rotatable bonds is 9. The number of ether oxygens (including phenoxy) is 1. The fraction of sp³-hybridized carbons (Fsp3) is 0.160. The van der Waals surface area contributed by atoms with Gasteiger partial charge >= 0.3 is 0 Å². The third kappa shape index (κ3) is 6.82. The van der Waals surface area contributed by atoms with Crippen LogP contribution >= 0.6 is 11.6 Å². The second kappa shape index (κ2) is 11.5. The van der Waals surface area contributed by atoms with E-state index in [9.17, 15) is 13.2 Å². The van der Waals surface area contributed by atoms with Crippen molar-refractivity contribution in [3.8, 4) is 11.8 Å². The van der Waals surface area contributed by atoms with Crippen LogP contribution in [0.5, 0.6) is 5.75 Å². The summed E-state index contributed by atoms with van der Waals surface area (Å²) in [4.78, 5) is 12.8. The van der Waals surface area contributed by atoms with E-state index in [1.807, 2.05) is 13.0 Å². The van der Waals surface area contributed by atoms with Crippen molar-refractivity contribution in [2.45, 2.75) is 18.7 Å². The number of carbonyl (C=O) groups is 1. The van der Waals surface area contributed by atoms with Gasteiger partial charge in [0.1, 0.15) is 18.4 Å². The van der Waals surface area contributed by atoms with E-state index in [1.165, 1.54) is 18.3 Å². The highest BCUT2D eigenvalue weighted by molar-refractivity contribution is 7.92. The van der Waals surface area contributed by atoms with Gasteiger partial charge in [-0.3, -0.25) is 9.10 Å². The molecule has 180 valence electrons. The Morgan fingerprint density at radius 1 is 1.11 bits per heavy atom. The van der Waals surface area contributed by atoms with Crippen LogP contribution in [0.4, 0.5) is 5.69 Å². The Morgan fingerprint density at radius 2 is 1.80 bits per heavy atom. The first-order valence-corrected chi connectivity index (χ1v) is 12.3. The molecule has 0 atom stereocenters. The van der Waals surface area contributed by atoms with Crippen LogP contribution < -0.4 is 14.5 Å². The Hall–Kier alpha value is -3.87. The van der Waals surface area contributed by atoms with Crippen molar-refractivity contribution in [3.05, 3.63) is 88.4 Å². The van der Waals surface area contributed by atoms with E-state index in [4.69, 9.17) is 21.6 Å². The van der Waals surface area contributed by atoms with E-state index in [2.05, 4.69) is 10.5 Å². The molecular formula is C25H23ClN4O4S. The van der Waals surface area contributed by atoms with Crippen LogP contribution in [0.1, 0.15) is 16.7 Å². The number of hydrogen-bond donors (Lipinski definition) is 1. The summed E-state index contributed by atoms with van der Waals surface area (Å²) in [6, 6.07) is 19.8. The number of nitriles is 1. The molecule has 0 unspecified atom stereocenters. The molecule has 0 saturated carbocycles. The molecule has 0 spiro atoms. The first-order valence-electron chi connectivity index (χ1n) is 10.5. The van der Waals surface area contributed by atoms with Crippen LogP contribution in [-0.2, 0) is 14.8 Å². The zero-order chi connectivity index (χ0) is 25.4. The molecule has 8 nitrogen and oxygen atoms in total. The number of hydrazone groups is 1. The number of sulfonamides is 1. The maximum Gasteiger partial charge on any atom is 0.264 e. The summed E-state index contributed by atoms with van der Waals surface area (Å²) >= 11 is 6.05. The molecular weight excluding hydrogens is 488 g/mol. The molecule has 0 heterocycles. The van der Waals surface area contributed by atoms with Crippen molar-refractivity contribution in [3.63, 3.8) is 0 Å². The number of benzene rings is 3. The molecule has 1 N–H and O–H groups in total. The zero-order valence-electron chi connectivity index (χ0n) is 19.1. The van der Waals surface area contributed by atoms with Gasteiger partial charge in [0.15, 0.2) is 6.61 Å². The third-order valence-electron chi connectivity index (χ3n) is 4.91. The lowest BCUT2D eigenvalue weighted by Gasteiger charge is -2.25. The summed E-state index contributed by atoms with van der Waals surface area (Å²) in [5.74, 6) is -0.0942. The second-order valence-electron chi connectivity index (χ2n) is 7.56. The Kier molecular flexibility index (Phi) is 8.47. The van der Waals surface area contributed by atoms with Crippen molar-refractivity contribution in [2.24, 2.45) is 5.10 Å². The highest BCUT2D eigenvalue weighted by Crippen LogP contribution is 2.29. The molecule has 10 heteroatoms. The van der Waals surface area contributed by atoms with E-state index in [-0.39, 0.29) is 11.5 Å². The Morgan fingerprint density at radius 3 is 2.43 bits per heavy atom. The smallest absolute Gasteiger partial charge is 0.264 e. The summed E-state index contributed by atoms with van der Waals surface area (Å²) in [5, 5.41) is 12.9. The van der Waals surface area contributed by atoms with Gasteiger partial charge in [-0.25, -0.2) is 13.8 Å². The molecule has 0 aliphatic carbocycles. The Bertz CT molecular complexity index is 1370. The van der Waals surface area contributed by atoms with Crippen LogP contribution in [0, 0.1) is 25.2 Å². The largest absolute Gasteiger partial charge is 0.479 e. The molecule has 3 aromatic rings. The van der Waals surface area contributed by atoms with E-state index in [1.54, 1.807) is 61.5 Å². The van der Waals surface area contributed by atoms with Gasteiger partial charge in [0.2, 0.25) is 0 Å². The van der Waals surface area contributed by atoms with Crippen LogP contribution in [0.15, 0.2) is 76.7 Å². The van der Waals surface area contributed by atoms with Gasteiger partial charge in [0.05, 0.1) is 16.8 Å². The molecule has 0 aromatic heterocycles. The van der Waals surface area contributed by atoms with E-state index in [0.29, 0.717) is 27.6 Å². The summed E-state index contributed by atoms with van der Waals surface area (Å²) in [6.45, 7) is 3.03. The predicted octanol–water partition coefficient (Wildman–Crippen LogP) is 4.20. The molecule has 0 radical (unpaired) electrons. The maximum atomic E-state index is 13.5. The van der Waals surface area contributed by atoms with Crippen molar-refractivity contribution in [1.82, 2.24) is 5.43 Å². The van der Waals surface area contributed by atoms with Gasteiger partial charge in [0, 0.05) is 5.02 Å². The zero-order valence-corrected chi connectivity index (χ0v) is 20.7. The summed E-state index contributed by atoms with van der Waals surface area (Å²) < 4.78 is 33.1. The topological polar surface area (TPSA) is 112 Å². The fourth-order valence-corrected chi connectivity index (χ4v) is 4.86. The maximum absolute atomic E-state index is 13.5. The average Bonchev–Trinajstić information content (AvgIpc) is 2.83. The lowest BCUT2D eigenvalue weighted by molar-refractivity contribution is -0.119. The SMILES string of the molecule is Cc1ccc(S(=O)(=O)N(CC(=O)N/N=C\c2ccc(OCC#N)cc2)c2ccc(Cl)cc2C)cc1. The number of nitrogens with one attached hydrogen (secondary N) is 1. The second-order valence-corrected chi connectivity index (χ2v) is 9.86. The first kappa shape index (κ1) is 25.7. The summed E-state index contributed by atoms with van der Waals surface area (Å²) in [7, 11) is -4.05.